The van der Waals surface area contributed by atoms with Gasteiger partial charge in [-0.2, -0.15) is 4.31 Å². The van der Waals surface area contributed by atoms with Crippen molar-refractivity contribution in [1.82, 2.24) is 4.31 Å². The molecular formula is C21H26N2O5S. The van der Waals surface area contributed by atoms with Crippen molar-refractivity contribution in [1.29, 1.82) is 0 Å². The van der Waals surface area contributed by atoms with Crippen molar-refractivity contribution in [3.8, 4) is 5.75 Å². The van der Waals surface area contributed by atoms with Crippen LogP contribution in [0.15, 0.2) is 53.4 Å². The molecular weight excluding hydrogens is 392 g/mol. The van der Waals surface area contributed by atoms with E-state index in [-0.39, 0.29) is 10.8 Å². The predicted octanol–water partition coefficient (Wildman–Crippen LogP) is 2.63. The highest BCUT2D eigenvalue weighted by atomic mass is 32.2. The van der Waals surface area contributed by atoms with Crippen molar-refractivity contribution in [2.75, 3.05) is 38.7 Å². The number of rotatable bonds is 6. The summed E-state index contributed by atoms with van der Waals surface area (Å²) in [5.74, 6) is 0.131. The summed E-state index contributed by atoms with van der Waals surface area (Å²) in [5.41, 5.74) is 0.357. The van der Waals surface area contributed by atoms with Gasteiger partial charge in [-0.1, -0.05) is 30.3 Å². The number of hydrogen-bond donors (Lipinski definition) is 1. The average molecular weight is 419 g/mol. The van der Waals surface area contributed by atoms with E-state index in [2.05, 4.69) is 5.32 Å². The lowest BCUT2D eigenvalue weighted by molar-refractivity contribution is -0.120. The molecule has 1 heterocycles. The van der Waals surface area contributed by atoms with Crippen LogP contribution in [0.25, 0.3) is 0 Å². The average Bonchev–Trinajstić information content (AvgIpc) is 2.74. The van der Waals surface area contributed by atoms with Crippen LogP contribution in [0.4, 0.5) is 5.69 Å². The van der Waals surface area contributed by atoms with Gasteiger partial charge in [0.2, 0.25) is 15.9 Å². The monoisotopic (exact) mass is 418 g/mol. The molecule has 0 aromatic heterocycles. The van der Waals surface area contributed by atoms with Crippen LogP contribution in [0.5, 0.6) is 5.75 Å². The van der Waals surface area contributed by atoms with E-state index in [1.165, 1.54) is 23.5 Å². The first-order chi connectivity index (χ1) is 13.8. The molecule has 156 valence electrons. The minimum absolute atomic E-state index is 0.105. The molecule has 2 aromatic rings. The van der Waals surface area contributed by atoms with Crippen molar-refractivity contribution in [3.05, 3.63) is 54.1 Å². The number of benzene rings is 2. The topological polar surface area (TPSA) is 84.9 Å². The highest BCUT2D eigenvalue weighted by Gasteiger charge is 2.31. The zero-order valence-electron chi connectivity index (χ0n) is 16.8. The number of nitrogens with one attached hydrogen (secondary N) is 1. The van der Waals surface area contributed by atoms with E-state index in [9.17, 15) is 13.2 Å². The van der Waals surface area contributed by atoms with E-state index >= 15 is 0 Å². The summed E-state index contributed by atoms with van der Waals surface area (Å²) in [6, 6.07) is 13.9. The molecule has 2 aromatic carbocycles. The Bertz CT molecular complexity index is 968. The van der Waals surface area contributed by atoms with Gasteiger partial charge < -0.3 is 14.8 Å². The van der Waals surface area contributed by atoms with Crippen molar-refractivity contribution in [2.24, 2.45) is 0 Å². The molecule has 0 spiro atoms. The lowest BCUT2D eigenvalue weighted by atomic mass is 9.83. The van der Waals surface area contributed by atoms with Crippen molar-refractivity contribution < 1.29 is 22.7 Å². The molecule has 1 fully saturated rings. The summed E-state index contributed by atoms with van der Waals surface area (Å²) < 4.78 is 37.9. The number of sulfonamides is 1. The molecule has 1 amide bonds. The maximum atomic E-state index is 13.0. The summed E-state index contributed by atoms with van der Waals surface area (Å²) in [6.07, 6.45) is 0. The summed E-state index contributed by atoms with van der Waals surface area (Å²) in [6.45, 7) is 4.97. The number of nitrogens with zero attached hydrogens (tertiary/aromatic N) is 1. The van der Waals surface area contributed by atoms with Crippen LogP contribution in [0.2, 0.25) is 0 Å². The van der Waals surface area contributed by atoms with Crippen LogP contribution in [-0.2, 0) is 25.0 Å². The first-order valence-corrected chi connectivity index (χ1v) is 10.8. The molecule has 1 saturated heterocycles. The van der Waals surface area contributed by atoms with Gasteiger partial charge in [-0.15, -0.1) is 0 Å². The Labute approximate surface area is 171 Å². The Morgan fingerprint density at radius 2 is 1.76 bits per heavy atom. The van der Waals surface area contributed by atoms with Gasteiger partial charge in [-0.05, 0) is 37.6 Å². The van der Waals surface area contributed by atoms with Gasteiger partial charge in [0.05, 0.1) is 36.3 Å². The first kappa shape index (κ1) is 21.3. The quantitative estimate of drug-likeness (QED) is 0.780. The van der Waals surface area contributed by atoms with Crippen LogP contribution in [0.1, 0.15) is 19.4 Å². The van der Waals surface area contributed by atoms with Gasteiger partial charge in [0.15, 0.2) is 0 Å². The third-order valence-electron chi connectivity index (χ3n) is 5.09. The fourth-order valence-electron chi connectivity index (χ4n) is 3.15. The Balaban J connectivity index is 1.90. The molecule has 0 bridgehead atoms. The third kappa shape index (κ3) is 4.44. The minimum Gasteiger partial charge on any atom is -0.495 e. The SMILES string of the molecule is COc1ccc(S(=O)(=O)N2CCOCC2)cc1NC(=O)C(C)(C)c1ccccc1. The van der Waals surface area contributed by atoms with Gasteiger partial charge in [0.1, 0.15) is 5.75 Å². The molecule has 7 nitrogen and oxygen atoms in total. The molecule has 0 atom stereocenters. The van der Waals surface area contributed by atoms with Crippen LogP contribution < -0.4 is 10.1 Å². The summed E-state index contributed by atoms with van der Waals surface area (Å²) >= 11 is 0. The second kappa shape index (κ2) is 8.52. The lowest BCUT2D eigenvalue weighted by Gasteiger charge is -2.27. The number of hydrogen-bond acceptors (Lipinski definition) is 5. The second-order valence-electron chi connectivity index (χ2n) is 7.32. The highest BCUT2D eigenvalue weighted by molar-refractivity contribution is 7.89. The van der Waals surface area contributed by atoms with Gasteiger partial charge in [-0.25, -0.2) is 8.42 Å². The summed E-state index contributed by atoms with van der Waals surface area (Å²) in [7, 11) is -2.21. The van der Waals surface area contributed by atoms with Crippen LogP contribution in [0, 0.1) is 0 Å². The van der Waals surface area contributed by atoms with Crippen LogP contribution in [-0.4, -0.2) is 52.0 Å². The number of ether oxygens (including phenoxy) is 2. The molecule has 8 heteroatoms. The number of anilines is 1. The summed E-state index contributed by atoms with van der Waals surface area (Å²) in [5, 5.41) is 2.84. The number of amides is 1. The lowest BCUT2D eigenvalue weighted by Crippen LogP contribution is -2.40. The highest BCUT2D eigenvalue weighted by Crippen LogP contribution is 2.32. The fourth-order valence-corrected chi connectivity index (χ4v) is 4.58. The van der Waals surface area contributed by atoms with E-state index in [0.717, 1.165) is 5.56 Å². The Morgan fingerprint density at radius 1 is 1.10 bits per heavy atom. The molecule has 0 saturated carbocycles. The summed E-state index contributed by atoms with van der Waals surface area (Å²) in [4.78, 5) is 13.1. The van der Waals surface area contributed by atoms with Crippen molar-refractivity contribution in [2.45, 2.75) is 24.2 Å². The Morgan fingerprint density at radius 3 is 2.38 bits per heavy atom. The molecule has 0 aliphatic carbocycles. The smallest absolute Gasteiger partial charge is 0.243 e. The van der Waals surface area contributed by atoms with Crippen molar-refractivity contribution >= 4 is 21.6 Å². The molecule has 0 radical (unpaired) electrons. The standard InChI is InChI=1S/C21H26N2O5S/c1-21(2,16-7-5-4-6-8-16)20(24)22-18-15-17(9-10-19(18)27-3)29(25,26)23-11-13-28-14-12-23/h4-10,15H,11-14H2,1-3H3,(H,22,24). The Kier molecular flexibility index (Phi) is 6.26. The maximum Gasteiger partial charge on any atom is 0.243 e. The predicted molar refractivity (Wildman–Crippen MR) is 111 cm³/mol. The molecule has 1 aliphatic heterocycles. The number of carbonyl (C=O) groups excluding carboxylic acids is 1. The molecule has 3 rings (SSSR count). The van der Waals surface area contributed by atoms with Gasteiger partial charge >= 0.3 is 0 Å². The third-order valence-corrected chi connectivity index (χ3v) is 6.98. The Hall–Kier alpha value is -2.42. The fraction of sp³-hybridized carbons (Fsp3) is 0.381. The van der Waals surface area contributed by atoms with Crippen LogP contribution >= 0.6 is 0 Å². The number of methoxy groups -OCH3 is 1. The largest absolute Gasteiger partial charge is 0.495 e. The van der Waals surface area contributed by atoms with E-state index in [0.29, 0.717) is 37.7 Å². The minimum atomic E-state index is -3.69. The maximum absolute atomic E-state index is 13.0. The first-order valence-electron chi connectivity index (χ1n) is 9.40. The molecule has 1 N–H and O–H groups in total. The molecule has 1 aliphatic rings. The van der Waals surface area contributed by atoms with E-state index in [4.69, 9.17) is 9.47 Å². The molecule has 0 unspecified atom stereocenters. The molecule has 29 heavy (non-hydrogen) atoms. The van der Waals surface area contributed by atoms with Gasteiger partial charge in [-0.3, -0.25) is 4.79 Å². The number of morpholine rings is 1. The van der Waals surface area contributed by atoms with Crippen molar-refractivity contribution in [3.63, 3.8) is 0 Å². The van der Waals surface area contributed by atoms with E-state index < -0.39 is 15.4 Å². The number of carbonyl (C=O) groups is 1. The van der Waals surface area contributed by atoms with Gasteiger partial charge in [0, 0.05) is 13.1 Å². The second-order valence-corrected chi connectivity index (χ2v) is 9.26. The van der Waals surface area contributed by atoms with E-state index in [1.807, 2.05) is 44.2 Å². The van der Waals surface area contributed by atoms with Gasteiger partial charge in [0.25, 0.3) is 0 Å². The zero-order valence-corrected chi connectivity index (χ0v) is 17.7. The van der Waals surface area contributed by atoms with Crippen LogP contribution in [0.3, 0.4) is 0 Å². The normalized spacial score (nSPS) is 15.7. The zero-order chi connectivity index (χ0) is 21.1. The van der Waals surface area contributed by atoms with E-state index in [1.54, 1.807) is 6.07 Å².